The van der Waals surface area contributed by atoms with E-state index in [9.17, 15) is 0 Å². The maximum Gasteiger partial charge on any atom is 0.123 e. The Balaban J connectivity index is 2.26. The average molecular weight is 269 g/mol. The van der Waals surface area contributed by atoms with E-state index in [1.54, 1.807) is 11.3 Å². The van der Waals surface area contributed by atoms with E-state index in [4.69, 9.17) is 15.5 Å². The van der Waals surface area contributed by atoms with Gasteiger partial charge >= 0.3 is 0 Å². The smallest absolute Gasteiger partial charge is 0.123 e. The van der Waals surface area contributed by atoms with Crippen LogP contribution in [0, 0.1) is 0 Å². The highest BCUT2D eigenvalue weighted by Gasteiger charge is 2.28. The number of thiazole rings is 1. The Morgan fingerprint density at radius 3 is 2.72 bits per heavy atom. The van der Waals surface area contributed by atoms with E-state index in [-0.39, 0.29) is 11.5 Å². The Bertz CT molecular complexity index is 411. The van der Waals surface area contributed by atoms with Gasteiger partial charge in [0.15, 0.2) is 0 Å². The van der Waals surface area contributed by atoms with Crippen molar-refractivity contribution in [3.63, 3.8) is 0 Å². The van der Waals surface area contributed by atoms with Gasteiger partial charge in [-0.1, -0.05) is 20.8 Å². The molecule has 5 heteroatoms. The van der Waals surface area contributed by atoms with Gasteiger partial charge in [0, 0.05) is 29.9 Å². The molecule has 0 saturated carbocycles. The fourth-order valence-corrected chi connectivity index (χ4v) is 3.35. The number of nitrogens with zero attached hydrogens (tertiary/aromatic N) is 2. The minimum Gasteiger partial charge on any atom is -0.368 e. The second kappa shape index (κ2) is 5.25. The number of morpholine rings is 1. The first kappa shape index (κ1) is 13.9. The minimum absolute atomic E-state index is 0.0457. The van der Waals surface area contributed by atoms with Crippen LogP contribution in [0.1, 0.15) is 42.5 Å². The number of ether oxygens (including phenoxy) is 1. The number of hydrogen-bond donors (Lipinski definition) is 1. The molecule has 1 aromatic rings. The normalized spacial score (nSPS) is 22.4. The Hall–Kier alpha value is -0.490. The Morgan fingerprint density at radius 1 is 1.50 bits per heavy atom. The number of likely N-dealkylation sites (N-methyl/N-ethyl adjacent to an activating group) is 1. The molecule has 1 fully saturated rings. The SMILES string of the molecule is CN1CCOC(c2nc(C(C)(C)C)c(CN)s2)C1. The summed E-state index contributed by atoms with van der Waals surface area (Å²) < 4.78 is 5.83. The summed E-state index contributed by atoms with van der Waals surface area (Å²) in [6.45, 7) is 9.80. The molecule has 2 heterocycles. The lowest BCUT2D eigenvalue weighted by Gasteiger charge is -2.28. The van der Waals surface area contributed by atoms with Crippen LogP contribution in [0.2, 0.25) is 0 Å². The predicted octanol–water partition coefficient (Wildman–Crippen LogP) is 1.90. The summed E-state index contributed by atoms with van der Waals surface area (Å²) >= 11 is 1.71. The largest absolute Gasteiger partial charge is 0.368 e. The van der Waals surface area contributed by atoms with E-state index in [0.717, 1.165) is 30.4 Å². The zero-order valence-electron chi connectivity index (χ0n) is 11.7. The lowest BCUT2D eigenvalue weighted by atomic mass is 9.91. The number of nitrogens with two attached hydrogens (primary N) is 1. The summed E-state index contributed by atoms with van der Waals surface area (Å²) in [5, 5.41) is 1.08. The lowest BCUT2D eigenvalue weighted by molar-refractivity contribution is -0.0210. The molecule has 0 bridgehead atoms. The second-order valence-corrected chi connectivity index (χ2v) is 7.01. The third kappa shape index (κ3) is 2.91. The van der Waals surface area contributed by atoms with E-state index in [0.29, 0.717) is 6.54 Å². The van der Waals surface area contributed by atoms with E-state index in [2.05, 4.69) is 32.7 Å². The maximum atomic E-state index is 5.84. The van der Waals surface area contributed by atoms with Gasteiger partial charge in [-0.25, -0.2) is 4.98 Å². The molecule has 0 aliphatic carbocycles. The molecular formula is C13H23N3OS. The Labute approximate surface area is 113 Å². The third-order valence-electron chi connectivity index (χ3n) is 3.15. The molecule has 1 saturated heterocycles. The van der Waals surface area contributed by atoms with Crippen molar-refractivity contribution >= 4 is 11.3 Å². The van der Waals surface area contributed by atoms with Crippen molar-refractivity contribution in [2.75, 3.05) is 26.7 Å². The Kier molecular flexibility index (Phi) is 4.06. The molecule has 1 aliphatic rings. The first-order chi connectivity index (χ1) is 8.41. The quantitative estimate of drug-likeness (QED) is 0.891. The summed E-state index contributed by atoms with van der Waals surface area (Å²) in [4.78, 5) is 8.27. The number of hydrogen-bond acceptors (Lipinski definition) is 5. The first-order valence-corrected chi connectivity index (χ1v) is 7.23. The molecular weight excluding hydrogens is 246 g/mol. The van der Waals surface area contributed by atoms with Gasteiger partial charge in [-0.2, -0.15) is 0 Å². The van der Waals surface area contributed by atoms with Crippen molar-refractivity contribution in [3.8, 4) is 0 Å². The van der Waals surface area contributed by atoms with Gasteiger partial charge in [0.05, 0.1) is 12.3 Å². The van der Waals surface area contributed by atoms with Gasteiger partial charge < -0.3 is 15.4 Å². The Morgan fingerprint density at radius 2 is 2.22 bits per heavy atom. The molecule has 18 heavy (non-hydrogen) atoms. The first-order valence-electron chi connectivity index (χ1n) is 6.42. The van der Waals surface area contributed by atoms with Crippen LogP contribution in [-0.4, -0.2) is 36.6 Å². The van der Waals surface area contributed by atoms with E-state index in [1.165, 1.54) is 4.88 Å². The van der Waals surface area contributed by atoms with Crippen molar-refractivity contribution in [3.05, 3.63) is 15.6 Å². The molecule has 0 amide bonds. The van der Waals surface area contributed by atoms with Crippen molar-refractivity contribution in [1.29, 1.82) is 0 Å². The van der Waals surface area contributed by atoms with E-state index >= 15 is 0 Å². The van der Waals surface area contributed by atoms with Crippen molar-refractivity contribution in [1.82, 2.24) is 9.88 Å². The fraction of sp³-hybridized carbons (Fsp3) is 0.769. The monoisotopic (exact) mass is 269 g/mol. The highest BCUT2D eigenvalue weighted by atomic mass is 32.1. The minimum atomic E-state index is 0.0457. The highest BCUT2D eigenvalue weighted by molar-refractivity contribution is 7.11. The molecule has 102 valence electrons. The molecule has 1 aliphatic heterocycles. The predicted molar refractivity (Wildman–Crippen MR) is 74.9 cm³/mol. The molecule has 2 N–H and O–H groups in total. The molecule has 2 rings (SSSR count). The second-order valence-electron chi connectivity index (χ2n) is 5.90. The topological polar surface area (TPSA) is 51.4 Å². The van der Waals surface area contributed by atoms with Gasteiger partial charge in [0.2, 0.25) is 0 Å². The molecule has 1 aromatic heterocycles. The van der Waals surface area contributed by atoms with Crippen LogP contribution in [0.15, 0.2) is 0 Å². The van der Waals surface area contributed by atoms with Gasteiger partial charge in [-0.05, 0) is 7.05 Å². The molecule has 0 aromatic carbocycles. The zero-order valence-corrected chi connectivity index (χ0v) is 12.5. The van der Waals surface area contributed by atoms with Gasteiger partial charge in [-0.3, -0.25) is 0 Å². The average Bonchev–Trinajstić information content (AvgIpc) is 2.72. The summed E-state index contributed by atoms with van der Waals surface area (Å²) in [6, 6.07) is 0. The standard InChI is InChI=1S/C13H23N3OS/c1-13(2,3)11-10(7-14)18-12(15-11)9-8-16(4)5-6-17-9/h9H,5-8,14H2,1-4H3. The van der Waals surface area contributed by atoms with Crippen LogP contribution >= 0.6 is 11.3 Å². The zero-order chi connectivity index (χ0) is 13.3. The van der Waals surface area contributed by atoms with Gasteiger partial charge in [0.1, 0.15) is 11.1 Å². The van der Waals surface area contributed by atoms with Gasteiger partial charge in [-0.15, -0.1) is 11.3 Å². The molecule has 0 radical (unpaired) electrons. The van der Waals surface area contributed by atoms with Gasteiger partial charge in [0.25, 0.3) is 0 Å². The van der Waals surface area contributed by atoms with Crippen LogP contribution in [0.25, 0.3) is 0 Å². The molecule has 4 nitrogen and oxygen atoms in total. The van der Waals surface area contributed by atoms with Crippen LogP contribution in [-0.2, 0) is 16.7 Å². The summed E-state index contributed by atoms with van der Waals surface area (Å²) in [5.74, 6) is 0. The third-order valence-corrected chi connectivity index (χ3v) is 4.32. The highest BCUT2D eigenvalue weighted by Crippen LogP contribution is 2.33. The van der Waals surface area contributed by atoms with Crippen LogP contribution < -0.4 is 5.73 Å². The van der Waals surface area contributed by atoms with E-state index in [1.807, 2.05) is 0 Å². The van der Waals surface area contributed by atoms with Crippen LogP contribution in [0.4, 0.5) is 0 Å². The number of rotatable bonds is 2. The van der Waals surface area contributed by atoms with Crippen molar-refractivity contribution in [2.45, 2.75) is 38.8 Å². The van der Waals surface area contributed by atoms with Crippen LogP contribution in [0.3, 0.4) is 0 Å². The van der Waals surface area contributed by atoms with E-state index < -0.39 is 0 Å². The van der Waals surface area contributed by atoms with Crippen LogP contribution in [0.5, 0.6) is 0 Å². The molecule has 1 unspecified atom stereocenters. The fourth-order valence-electron chi connectivity index (χ4n) is 2.16. The lowest BCUT2D eigenvalue weighted by Crippen LogP contribution is -2.35. The maximum absolute atomic E-state index is 5.84. The summed E-state index contributed by atoms with van der Waals surface area (Å²) in [7, 11) is 2.12. The number of aromatic nitrogens is 1. The molecule has 1 atom stereocenters. The summed E-state index contributed by atoms with van der Waals surface area (Å²) in [5.41, 5.74) is 7.01. The van der Waals surface area contributed by atoms with Crippen molar-refractivity contribution in [2.24, 2.45) is 5.73 Å². The van der Waals surface area contributed by atoms with Crippen molar-refractivity contribution < 1.29 is 4.74 Å². The molecule has 0 spiro atoms. The summed E-state index contributed by atoms with van der Waals surface area (Å²) in [6.07, 6.45) is 0.107.